The molecule has 1 unspecified atom stereocenters. The summed E-state index contributed by atoms with van der Waals surface area (Å²) in [5, 5.41) is 3.42. The summed E-state index contributed by atoms with van der Waals surface area (Å²) in [5.74, 6) is 0.927. The maximum Gasteiger partial charge on any atom is 0.0931 e. The Labute approximate surface area is 89.5 Å². The van der Waals surface area contributed by atoms with E-state index in [9.17, 15) is 0 Å². The zero-order valence-electron chi connectivity index (χ0n) is 8.70. The molecule has 0 bridgehead atoms. The van der Waals surface area contributed by atoms with Gasteiger partial charge in [0.15, 0.2) is 0 Å². The molecule has 1 fully saturated rings. The highest BCUT2D eigenvalue weighted by Gasteiger charge is 2.23. The van der Waals surface area contributed by atoms with Crippen LogP contribution in [0.2, 0.25) is 0 Å². The molecule has 2 N–H and O–H groups in total. The molecule has 0 radical (unpaired) electrons. The van der Waals surface area contributed by atoms with E-state index in [1.165, 1.54) is 24.3 Å². The first-order valence-electron chi connectivity index (χ1n) is 5.49. The second-order valence-electron chi connectivity index (χ2n) is 4.21. The maximum absolute atomic E-state index is 6.01. The number of aromatic nitrogens is 1. The summed E-state index contributed by atoms with van der Waals surface area (Å²) in [6.45, 7) is 2.16. The molecule has 0 amide bonds. The molecule has 0 saturated heterocycles. The van der Waals surface area contributed by atoms with Gasteiger partial charge >= 0.3 is 0 Å². The van der Waals surface area contributed by atoms with Crippen LogP contribution in [0.1, 0.15) is 49.4 Å². The highest BCUT2D eigenvalue weighted by molar-refractivity contribution is 7.09. The van der Waals surface area contributed by atoms with Gasteiger partial charge in [-0.15, -0.1) is 11.3 Å². The lowest BCUT2D eigenvalue weighted by atomic mass is 10.1. The van der Waals surface area contributed by atoms with E-state index >= 15 is 0 Å². The van der Waals surface area contributed by atoms with Crippen LogP contribution in [-0.4, -0.2) is 4.98 Å². The van der Waals surface area contributed by atoms with Crippen LogP contribution in [0.15, 0.2) is 5.38 Å². The van der Waals surface area contributed by atoms with E-state index < -0.39 is 0 Å². The molecule has 1 aliphatic rings. The maximum atomic E-state index is 6.01. The Bertz CT molecular complexity index is 291. The summed E-state index contributed by atoms with van der Waals surface area (Å²) < 4.78 is 0. The van der Waals surface area contributed by atoms with Gasteiger partial charge < -0.3 is 5.73 Å². The van der Waals surface area contributed by atoms with Gasteiger partial charge in [-0.25, -0.2) is 4.98 Å². The minimum atomic E-state index is 0.157. The van der Waals surface area contributed by atoms with E-state index in [1.54, 1.807) is 11.3 Å². The molecule has 2 rings (SSSR count). The van der Waals surface area contributed by atoms with E-state index in [0.717, 1.165) is 24.5 Å². The molecule has 14 heavy (non-hydrogen) atoms. The van der Waals surface area contributed by atoms with E-state index in [-0.39, 0.29) is 6.04 Å². The van der Waals surface area contributed by atoms with E-state index in [0.29, 0.717) is 0 Å². The van der Waals surface area contributed by atoms with E-state index in [2.05, 4.69) is 17.3 Å². The van der Waals surface area contributed by atoms with Crippen LogP contribution in [0.25, 0.3) is 0 Å². The van der Waals surface area contributed by atoms with Crippen molar-refractivity contribution < 1.29 is 0 Å². The number of hydrogen-bond donors (Lipinski definition) is 1. The molecule has 78 valence electrons. The lowest BCUT2D eigenvalue weighted by Crippen LogP contribution is -2.10. The fourth-order valence-electron chi connectivity index (χ4n) is 1.62. The van der Waals surface area contributed by atoms with Crippen LogP contribution in [0.4, 0.5) is 0 Å². The SMILES string of the molecule is CCCC(N)c1csc(CC2CC2)n1. The zero-order chi connectivity index (χ0) is 9.97. The second-order valence-corrected chi connectivity index (χ2v) is 5.15. The van der Waals surface area contributed by atoms with Crippen LogP contribution in [-0.2, 0) is 6.42 Å². The Morgan fingerprint density at radius 3 is 3.07 bits per heavy atom. The van der Waals surface area contributed by atoms with Crippen molar-refractivity contribution in [3.63, 3.8) is 0 Å². The van der Waals surface area contributed by atoms with Gasteiger partial charge in [-0.2, -0.15) is 0 Å². The molecule has 0 aromatic carbocycles. The fourth-order valence-corrected chi connectivity index (χ4v) is 2.59. The van der Waals surface area contributed by atoms with Gasteiger partial charge in [0, 0.05) is 17.8 Å². The summed E-state index contributed by atoms with van der Waals surface area (Å²) >= 11 is 1.78. The van der Waals surface area contributed by atoms with Crippen LogP contribution in [0.3, 0.4) is 0 Å². The Balaban J connectivity index is 1.93. The minimum absolute atomic E-state index is 0.157. The second kappa shape index (κ2) is 4.41. The van der Waals surface area contributed by atoms with Crippen molar-refractivity contribution in [2.24, 2.45) is 11.7 Å². The monoisotopic (exact) mass is 210 g/mol. The Morgan fingerprint density at radius 1 is 1.64 bits per heavy atom. The van der Waals surface area contributed by atoms with Gasteiger partial charge in [0.05, 0.1) is 10.7 Å². The number of nitrogens with two attached hydrogens (primary N) is 1. The Kier molecular flexibility index (Phi) is 3.19. The summed E-state index contributed by atoms with van der Waals surface area (Å²) in [6.07, 6.45) is 6.17. The van der Waals surface area contributed by atoms with Crippen LogP contribution in [0, 0.1) is 5.92 Å². The molecular weight excluding hydrogens is 192 g/mol. The molecule has 2 nitrogen and oxygen atoms in total. The molecule has 1 aromatic heterocycles. The number of rotatable bonds is 5. The molecule has 1 atom stereocenters. The molecule has 3 heteroatoms. The van der Waals surface area contributed by atoms with E-state index in [1.807, 2.05) is 0 Å². The van der Waals surface area contributed by atoms with E-state index in [4.69, 9.17) is 5.73 Å². The van der Waals surface area contributed by atoms with Crippen LogP contribution < -0.4 is 5.73 Å². The molecular formula is C11H18N2S. The molecule has 1 aromatic rings. The summed E-state index contributed by atoms with van der Waals surface area (Å²) in [4.78, 5) is 4.60. The van der Waals surface area contributed by atoms with Crippen LogP contribution >= 0.6 is 11.3 Å². The third kappa shape index (κ3) is 2.55. The standard InChI is InChI=1S/C11H18N2S/c1-2-3-9(12)10-7-14-11(13-10)6-8-4-5-8/h7-9H,2-6,12H2,1H3. The third-order valence-electron chi connectivity index (χ3n) is 2.71. The predicted molar refractivity (Wildman–Crippen MR) is 60.4 cm³/mol. The topological polar surface area (TPSA) is 38.9 Å². The first-order valence-corrected chi connectivity index (χ1v) is 6.37. The molecule has 0 spiro atoms. The normalized spacial score (nSPS) is 18.4. The molecule has 1 heterocycles. The van der Waals surface area contributed by atoms with Crippen molar-refractivity contribution in [3.8, 4) is 0 Å². The average molecular weight is 210 g/mol. The summed E-state index contributed by atoms with van der Waals surface area (Å²) in [6, 6.07) is 0.157. The van der Waals surface area contributed by atoms with Crippen molar-refractivity contribution in [3.05, 3.63) is 16.1 Å². The molecule has 0 aliphatic heterocycles. The first kappa shape index (κ1) is 10.1. The zero-order valence-corrected chi connectivity index (χ0v) is 9.52. The van der Waals surface area contributed by atoms with Crippen molar-refractivity contribution in [2.75, 3.05) is 0 Å². The van der Waals surface area contributed by atoms with Gasteiger partial charge in [0.2, 0.25) is 0 Å². The smallest absolute Gasteiger partial charge is 0.0931 e. The Hall–Kier alpha value is -0.410. The lowest BCUT2D eigenvalue weighted by molar-refractivity contribution is 0.622. The van der Waals surface area contributed by atoms with Gasteiger partial charge in [-0.3, -0.25) is 0 Å². The number of hydrogen-bond acceptors (Lipinski definition) is 3. The minimum Gasteiger partial charge on any atom is -0.323 e. The molecule has 1 aliphatic carbocycles. The predicted octanol–water partition coefficient (Wildman–Crippen LogP) is 2.90. The van der Waals surface area contributed by atoms with Gasteiger partial charge in [0.25, 0.3) is 0 Å². The van der Waals surface area contributed by atoms with Gasteiger partial charge in [0.1, 0.15) is 0 Å². The number of thiazole rings is 1. The van der Waals surface area contributed by atoms with Crippen LogP contribution in [0.5, 0.6) is 0 Å². The highest BCUT2D eigenvalue weighted by atomic mass is 32.1. The van der Waals surface area contributed by atoms with Crippen molar-refractivity contribution in [1.82, 2.24) is 4.98 Å². The highest BCUT2D eigenvalue weighted by Crippen LogP contribution is 2.33. The lowest BCUT2D eigenvalue weighted by Gasteiger charge is -2.05. The fraction of sp³-hybridized carbons (Fsp3) is 0.727. The van der Waals surface area contributed by atoms with Crippen molar-refractivity contribution in [2.45, 2.75) is 45.1 Å². The van der Waals surface area contributed by atoms with Gasteiger partial charge in [-0.1, -0.05) is 13.3 Å². The average Bonchev–Trinajstić information content (AvgIpc) is 2.82. The first-order chi connectivity index (χ1) is 6.79. The van der Waals surface area contributed by atoms with Gasteiger partial charge in [-0.05, 0) is 25.2 Å². The van der Waals surface area contributed by atoms with Crippen molar-refractivity contribution >= 4 is 11.3 Å². The molecule has 1 saturated carbocycles. The summed E-state index contributed by atoms with van der Waals surface area (Å²) in [7, 11) is 0. The summed E-state index contributed by atoms with van der Waals surface area (Å²) in [5.41, 5.74) is 7.11. The quantitative estimate of drug-likeness (QED) is 0.811. The van der Waals surface area contributed by atoms with Crippen molar-refractivity contribution in [1.29, 1.82) is 0 Å². The number of nitrogens with zero attached hydrogens (tertiary/aromatic N) is 1. The third-order valence-corrected chi connectivity index (χ3v) is 3.60. The Morgan fingerprint density at radius 2 is 2.43 bits per heavy atom. The largest absolute Gasteiger partial charge is 0.323 e.